The van der Waals surface area contributed by atoms with E-state index < -0.39 is 0 Å². The number of hydrogen-bond donors (Lipinski definition) is 1. The largest absolute Gasteiger partial charge is 0.390 e. The van der Waals surface area contributed by atoms with Gasteiger partial charge in [0, 0.05) is 12.5 Å². The normalized spacial score (nSPS) is 21.2. The highest BCUT2D eigenvalue weighted by atomic mass is 16.3. The van der Waals surface area contributed by atoms with Gasteiger partial charge in [-0.25, -0.2) is 4.68 Å². The summed E-state index contributed by atoms with van der Waals surface area (Å²) in [6.07, 6.45) is 9.20. The molecule has 1 N–H and O–H groups in total. The maximum absolute atomic E-state index is 9.32. The average Bonchev–Trinajstić information content (AvgIpc) is 2.57. The highest BCUT2D eigenvalue weighted by Gasteiger charge is 2.27. The summed E-state index contributed by atoms with van der Waals surface area (Å²) >= 11 is 0. The molecule has 0 unspecified atom stereocenters. The number of nitrogens with zero attached hydrogens (tertiary/aromatic N) is 3. The molecule has 0 saturated heterocycles. The summed E-state index contributed by atoms with van der Waals surface area (Å²) in [5, 5.41) is 17.7. The van der Waals surface area contributed by atoms with Gasteiger partial charge in [-0.15, -0.1) is 5.10 Å². The van der Waals surface area contributed by atoms with Crippen LogP contribution in [0, 0.1) is 5.92 Å². The Labute approximate surface area is 102 Å². The van der Waals surface area contributed by atoms with Crippen LogP contribution < -0.4 is 0 Å². The molecule has 0 bridgehead atoms. The van der Waals surface area contributed by atoms with E-state index in [1.807, 2.05) is 0 Å². The molecule has 1 aromatic rings. The zero-order chi connectivity index (χ0) is 11.7. The van der Waals surface area contributed by atoms with E-state index in [-0.39, 0.29) is 6.61 Å². The lowest BCUT2D eigenvalue weighted by molar-refractivity contribution is 0.265. The van der Waals surface area contributed by atoms with Gasteiger partial charge in [-0.3, -0.25) is 0 Å². The molecule has 0 aromatic carbocycles. The quantitative estimate of drug-likeness (QED) is 0.851. The van der Waals surface area contributed by atoms with Crippen molar-refractivity contribution in [2.24, 2.45) is 5.92 Å². The summed E-state index contributed by atoms with van der Waals surface area (Å²) in [4.78, 5) is 0. The highest BCUT2D eigenvalue weighted by molar-refractivity contribution is 5.17. The Hall–Kier alpha value is -0.900. The molecule has 0 aliphatic heterocycles. The van der Waals surface area contributed by atoms with Crippen molar-refractivity contribution in [2.45, 2.75) is 64.0 Å². The van der Waals surface area contributed by atoms with Gasteiger partial charge in [0.25, 0.3) is 0 Å². The molecule has 1 heterocycles. The first-order chi connectivity index (χ1) is 8.38. The summed E-state index contributed by atoms with van der Waals surface area (Å²) < 4.78 is 2.06. The van der Waals surface area contributed by atoms with Crippen LogP contribution in [0.2, 0.25) is 0 Å². The zero-order valence-electron chi connectivity index (χ0n) is 10.3. The topological polar surface area (TPSA) is 50.9 Å². The number of hydrogen-bond acceptors (Lipinski definition) is 3. The van der Waals surface area contributed by atoms with Crippen molar-refractivity contribution in [3.05, 3.63) is 11.4 Å². The van der Waals surface area contributed by atoms with E-state index in [0.29, 0.717) is 5.92 Å². The number of aryl methyl sites for hydroxylation is 1. The maximum Gasteiger partial charge on any atom is 0.112 e. The van der Waals surface area contributed by atoms with E-state index in [1.165, 1.54) is 50.6 Å². The van der Waals surface area contributed by atoms with Crippen molar-refractivity contribution < 1.29 is 5.11 Å². The minimum absolute atomic E-state index is 0.0370. The molecule has 0 radical (unpaired) electrons. The molecule has 94 valence electrons. The highest BCUT2D eigenvalue weighted by Crippen LogP contribution is 2.38. The van der Waals surface area contributed by atoms with E-state index in [4.69, 9.17) is 0 Å². The van der Waals surface area contributed by atoms with E-state index in [2.05, 4.69) is 15.0 Å². The van der Waals surface area contributed by atoms with E-state index in [0.717, 1.165) is 18.2 Å². The van der Waals surface area contributed by atoms with Crippen molar-refractivity contribution in [3.8, 4) is 0 Å². The van der Waals surface area contributed by atoms with Crippen LogP contribution in [-0.2, 0) is 13.2 Å². The number of aliphatic hydroxyl groups excluding tert-OH is 1. The molecule has 0 spiro atoms. The Balaban J connectivity index is 1.70. The van der Waals surface area contributed by atoms with Gasteiger partial charge >= 0.3 is 0 Å². The second kappa shape index (κ2) is 4.77. The Morgan fingerprint density at radius 1 is 1.18 bits per heavy atom. The van der Waals surface area contributed by atoms with Gasteiger partial charge in [0.15, 0.2) is 0 Å². The third-order valence-corrected chi connectivity index (χ3v) is 4.46. The molecule has 0 amide bonds. The Morgan fingerprint density at radius 2 is 1.94 bits per heavy atom. The third-order valence-electron chi connectivity index (χ3n) is 4.46. The first-order valence-electron chi connectivity index (χ1n) is 6.91. The SMILES string of the molecule is OCc1nnn(CCC2CCC2)c1C1CCC1. The number of aliphatic hydroxyl groups is 1. The van der Waals surface area contributed by atoms with Crippen LogP contribution >= 0.6 is 0 Å². The molecule has 2 aliphatic rings. The zero-order valence-corrected chi connectivity index (χ0v) is 10.3. The molecule has 3 rings (SSSR count). The van der Waals surface area contributed by atoms with Gasteiger partial charge in [-0.2, -0.15) is 0 Å². The third kappa shape index (κ3) is 2.10. The van der Waals surface area contributed by atoms with Crippen LogP contribution in [0.15, 0.2) is 0 Å². The predicted molar refractivity (Wildman–Crippen MR) is 64.5 cm³/mol. The summed E-state index contributed by atoms with van der Waals surface area (Å²) in [5.74, 6) is 1.51. The Morgan fingerprint density at radius 3 is 2.47 bits per heavy atom. The molecular formula is C13H21N3O. The van der Waals surface area contributed by atoms with Gasteiger partial charge < -0.3 is 5.11 Å². The van der Waals surface area contributed by atoms with Crippen molar-refractivity contribution in [1.29, 1.82) is 0 Å². The van der Waals surface area contributed by atoms with E-state index >= 15 is 0 Å². The molecule has 2 saturated carbocycles. The van der Waals surface area contributed by atoms with Gasteiger partial charge in [-0.05, 0) is 25.2 Å². The lowest BCUT2D eigenvalue weighted by Crippen LogP contribution is -2.19. The molecule has 4 nitrogen and oxygen atoms in total. The van der Waals surface area contributed by atoms with Crippen LogP contribution in [0.25, 0.3) is 0 Å². The first kappa shape index (κ1) is 11.2. The van der Waals surface area contributed by atoms with E-state index in [9.17, 15) is 5.11 Å². The lowest BCUT2D eigenvalue weighted by Gasteiger charge is -2.28. The average molecular weight is 235 g/mol. The van der Waals surface area contributed by atoms with Crippen LogP contribution in [-0.4, -0.2) is 20.1 Å². The minimum Gasteiger partial charge on any atom is -0.390 e. The molecule has 4 heteroatoms. The van der Waals surface area contributed by atoms with Crippen molar-refractivity contribution in [2.75, 3.05) is 0 Å². The predicted octanol–water partition coefficient (Wildman–Crippen LogP) is 2.23. The summed E-state index contributed by atoms with van der Waals surface area (Å²) in [6.45, 7) is 1.03. The van der Waals surface area contributed by atoms with Crippen LogP contribution in [0.1, 0.15) is 62.3 Å². The Kier molecular flexibility index (Phi) is 3.14. The number of rotatable bonds is 5. The number of aromatic nitrogens is 3. The standard InChI is InChI=1S/C13H21N3O/c17-9-12-13(11-5-2-6-11)16(15-14-12)8-7-10-3-1-4-10/h10-11,17H,1-9H2. The van der Waals surface area contributed by atoms with Gasteiger partial charge in [-0.1, -0.05) is 30.9 Å². The maximum atomic E-state index is 9.32. The molecule has 2 fully saturated rings. The fraction of sp³-hybridized carbons (Fsp3) is 0.846. The smallest absolute Gasteiger partial charge is 0.112 e. The molecule has 17 heavy (non-hydrogen) atoms. The fourth-order valence-corrected chi connectivity index (χ4v) is 2.85. The van der Waals surface area contributed by atoms with E-state index in [1.54, 1.807) is 0 Å². The van der Waals surface area contributed by atoms with Crippen molar-refractivity contribution in [1.82, 2.24) is 15.0 Å². The van der Waals surface area contributed by atoms with Crippen LogP contribution in [0.5, 0.6) is 0 Å². The van der Waals surface area contributed by atoms with Crippen molar-refractivity contribution >= 4 is 0 Å². The van der Waals surface area contributed by atoms with Crippen LogP contribution in [0.4, 0.5) is 0 Å². The monoisotopic (exact) mass is 235 g/mol. The molecule has 2 aliphatic carbocycles. The van der Waals surface area contributed by atoms with Gasteiger partial charge in [0.2, 0.25) is 0 Å². The minimum atomic E-state index is 0.0370. The molecular weight excluding hydrogens is 214 g/mol. The summed E-state index contributed by atoms with van der Waals surface area (Å²) in [5.41, 5.74) is 2.03. The molecule has 0 atom stereocenters. The second-order valence-corrected chi connectivity index (χ2v) is 5.52. The van der Waals surface area contributed by atoms with Gasteiger partial charge in [0.05, 0.1) is 12.3 Å². The first-order valence-corrected chi connectivity index (χ1v) is 6.91. The summed E-state index contributed by atoms with van der Waals surface area (Å²) in [6, 6.07) is 0. The van der Waals surface area contributed by atoms with Crippen molar-refractivity contribution in [3.63, 3.8) is 0 Å². The Bertz CT molecular complexity index is 380. The second-order valence-electron chi connectivity index (χ2n) is 5.52. The molecule has 1 aromatic heterocycles. The van der Waals surface area contributed by atoms with Crippen LogP contribution in [0.3, 0.4) is 0 Å². The summed E-state index contributed by atoms with van der Waals surface area (Å²) in [7, 11) is 0. The lowest BCUT2D eigenvalue weighted by atomic mass is 9.81. The fourth-order valence-electron chi connectivity index (χ4n) is 2.85. The van der Waals surface area contributed by atoms with Gasteiger partial charge in [0.1, 0.15) is 5.69 Å².